The lowest BCUT2D eigenvalue weighted by Gasteiger charge is -2.20. The Morgan fingerprint density at radius 1 is 1.19 bits per heavy atom. The zero-order valence-corrected chi connectivity index (χ0v) is 20.1. The highest BCUT2D eigenvalue weighted by molar-refractivity contribution is 7.98. The maximum atomic E-state index is 13.2. The Labute approximate surface area is 189 Å². The number of carbonyl (C=O) groups is 1. The lowest BCUT2D eigenvalue weighted by Crippen LogP contribution is -2.30. The predicted molar refractivity (Wildman–Crippen MR) is 124 cm³/mol. The Kier molecular flexibility index (Phi) is 7.67. The van der Waals surface area contributed by atoms with Crippen LogP contribution in [-0.4, -0.2) is 45.7 Å². The molecule has 0 saturated carbocycles. The molecule has 1 amide bonds. The predicted octanol–water partition coefficient (Wildman–Crippen LogP) is 4.39. The van der Waals surface area contributed by atoms with E-state index in [0.29, 0.717) is 12.0 Å². The van der Waals surface area contributed by atoms with Crippen LogP contribution in [0.3, 0.4) is 0 Å². The van der Waals surface area contributed by atoms with Crippen LogP contribution < -0.4 is 9.46 Å². The fraction of sp³-hybridized carbons (Fsp3) is 0.435. The van der Waals surface area contributed by atoms with Gasteiger partial charge in [-0.3, -0.25) is 4.79 Å². The number of hydrogen-bond donors (Lipinski definition) is 1. The van der Waals surface area contributed by atoms with Gasteiger partial charge in [-0.25, -0.2) is 13.1 Å². The van der Waals surface area contributed by atoms with Gasteiger partial charge in [0.15, 0.2) is 0 Å². The van der Waals surface area contributed by atoms with Crippen LogP contribution in [0.2, 0.25) is 0 Å². The van der Waals surface area contributed by atoms with Crippen molar-refractivity contribution in [2.24, 2.45) is 0 Å². The van der Waals surface area contributed by atoms with E-state index < -0.39 is 10.0 Å². The van der Waals surface area contributed by atoms with Crippen LogP contribution in [0, 0.1) is 6.92 Å². The van der Waals surface area contributed by atoms with Crippen LogP contribution in [0.25, 0.3) is 0 Å². The number of carbonyl (C=O) groups excluding carboxylic acids is 1. The third kappa shape index (κ3) is 5.25. The van der Waals surface area contributed by atoms with E-state index >= 15 is 0 Å². The molecule has 0 aromatic heterocycles. The molecule has 1 fully saturated rings. The fourth-order valence-corrected chi connectivity index (χ4v) is 5.78. The summed E-state index contributed by atoms with van der Waals surface area (Å²) >= 11 is 1.45. The minimum atomic E-state index is -3.81. The Morgan fingerprint density at radius 3 is 2.48 bits per heavy atom. The first kappa shape index (κ1) is 23.6. The summed E-state index contributed by atoms with van der Waals surface area (Å²) in [6, 6.07) is 10.1. The summed E-state index contributed by atoms with van der Waals surface area (Å²) in [5.41, 5.74) is 2.27. The van der Waals surface area contributed by atoms with Crippen molar-refractivity contribution in [2.75, 3.05) is 26.5 Å². The van der Waals surface area contributed by atoms with Crippen molar-refractivity contribution in [3.63, 3.8) is 0 Å². The minimum absolute atomic E-state index is 0.100. The standard InChI is InChI=1S/C23H30N2O4S2/c1-5-20(17-8-10-21(29-3)16(2)14-17)24-31(27,28)18-9-11-22(30-4)19(15-18)23(26)25-12-6-7-13-25/h8-11,14-15,20,24H,5-7,12-13H2,1-4H3. The molecule has 1 atom stereocenters. The van der Waals surface area contributed by atoms with Crippen molar-refractivity contribution in [2.45, 2.75) is 48.9 Å². The SMILES string of the molecule is CCC(NS(=O)(=O)c1ccc(SC)c(C(=O)N2CCCC2)c1)c1ccc(OC)c(C)c1. The normalized spacial score (nSPS) is 15.2. The minimum Gasteiger partial charge on any atom is -0.496 e. The van der Waals surface area contributed by atoms with Gasteiger partial charge in [-0.2, -0.15) is 0 Å². The molecule has 8 heteroatoms. The van der Waals surface area contributed by atoms with E-state index in [0.717, 1.165) is 47.7 Å². The van der Waals surface area contributed by atoms with E-state index in [2.05, 4.69) is 4.72 Å². The number of likely N-dealkylation sites (tertiary alicyclic amines) is 1. The molecule has 1 aliphatic heterocycles. The Balaban J connectivity index is 1.90. The van der Waals surface area contributed by atoms with Crippen LogP contribution >= 0.6 is 11.8 Å². The number of benzene rings is 2. The van der Waals surface area contributed by atoms with Gasteiger partial charge in [0, 0.05) is 24.0 Å². The van der Waals surface area contributed by atoms with E-state index in [-0.39, 0.29) is 16.8 Å². The van der Waals surface area contributed by atoms with Gasteiger partial charge in [0.2, 0.25) is 10.0 Å². The summed E-state index contributed by atoms with van der Waals surface area (Å²) in [5.74, 6) is 0.663. The van der Waals surface area contributed by atoms with E-state index in [1.54, 1.807) is 24.1 Å². The van der Waals surface area contributed by atoms with Gasteiger partial charge in [-0.05, 0) is 67.8 Å². The first-order valence-electron chi connectivity index (χ1n) is 10.4. The quantitative estimate of drug-likeness (QED) is 0.589. The molecule has 0 bridgehead atoms. The zero-order chi connectivity index (χ0) is 22.6. The van der Waals surface area contributed by atoms with Crippen molar-refractivity contribution in [1.82, 2.24) is 9.62 Å². The van der Waals surface area contributed by atoms with E-state index in [4.69, 9.17) is 4.74 Å². The van der Waals surface area contributed by atoms with E-state index in [9.17, 15) is 13.2 Å². The highest BCUT2D eigenvalue weighted by Crippen LogP contribution is 2.29. The smallest absolute Gasteiger partial charge is 0.255 e. The number of rotatable bonds is 8. The van der Waals surface area contributed by atoms with Gasteiger partial charge in [-0.15, -0.1) is 11.8 Å². The molecule has 0 radical (unpaired) electrons. The number of amides is 1. The van der Waals surface area contributed by atoms with Gasteiger partial charge >= 0.3 is 0 Å². The van der Waals surface area contributed by atoms with E-state index in [1.165, 1.54) is 17.8 Å². The zero-order valence-electron chi connectivity index (χ0n) is 18.5. The number of sulfonamides is 1. The largest absolute Gasteiger partial charge is 0.496 e. The molecule has 6 nitrogen and oxygen atoms in total. The monoisotopic (exact) mass is 462 g/mol. The van der Waals surface area contributed by atoms with Gasteiger partial charge in [0.1, 0.15) is 5.75 Å². The van der Waals surface area contributed by atoms with Gasteiger partial charge < -0.3 is 9.64 Å². The molecule has 1 N–H and O–H groups in total. The molecule has 1 heterocycles. The van der Waals surface area contributed by atoms with Gasteiger partial charge in [0.25, 0.3) is 5.91 Å². The average molecular weight is 463 g/mol. The number of aryl methyl sites for hydroxylation is 1. The molecular formula is C23H30N2O4S2. The third-order valence-electron chi connectivity index (χ3n) is 5.63. The molecule has 1 aliphatic rings. The van der Waals surface area contributed by atoms with Crippen molar-refractivity contribution in [1.29, 1.82) is 0 Å². The molecule has 3 rings (SSSR count). The molecule has 0 spiro atoms. The average Bonchev–Trinajstić information content (AvgIpc) is 3.31. The number of thioether (sulfide) groups is 1. The summed E-state index contributed by atoms with van der Waals surface area (Å²) in [4.78, 5) is 15.7. The van der Waals surface area contributed by atoms with Crippen molar-refractivity contribution in [3.05, 3.63) is 53.1 Å². The highest BCUT2D eigenvalue weighted by atomic mass is 32.2. The van der Waals surface area contributed by atoms with Crippen molar-refractivity contribution < 1.29 is 17.9 Å². The molecule has 168 valence electrons. The summed E-state index contributed by atoms with van der Waals surface area (Å²) in [5, 5.41) is 0. The molecule has 2 aromatic rings. The van der Waals surface area contributed by atoms with Crippen LogP contribution in [0.15, 0.2) is 46.2 Å². The van der Waals surface area contributed by atoms with Crippen LogP contribution in [0.4, 0.5) is 0 Å². The van der Waals surface area contributed by atoms with Crippen molar-refractivity contribution in [3.8, 4) is 5.75 Å². The summed E-state index contributed by atoms with van der Waals surface area (Å²) in [7, 11) is -2.20. The fourth-order valence-electron chi connectivity index (χ4n) is 3.87. The topological polar surface area (TPSA) is 75.7 Å². The number of nitrogens with one attached hydrogen (secondary N) is 1. The number of ether oxygens (including phenoxy) is 1. The summed E-state index contributed by atoms with van der Waals surface area (Å²) in [6.07, 6.45) is 4.45. The lowest BCUT2D eigenvalue weighted by molar-refractivity contribution is 0.0789. The Bertz CT molecular complexity index is 1050. The van der Waals surface area contributed by atoms with Crippen LogP contribution in [-0.2, 0) is 10.0 Å². The molecular weight excluding hydrogens is 432 g/mol. The molecule has 31 heavy (non-hydrogen) atoms. The molecule has 0 aliphatic carbocycles. The molecule has 1 unspecified atom stereocenters. The van der Waals surface area contributed by atoms with Gasteiger partial charge in [0.05, 0.1) is 17.6 Å². The molecule has 2 aromatic carbocycles. The second-order valence-electron chi connectivity index (χ2n) is 7.67. The van der Waals surface area contributed by atoms with Crippen molar-refractivity contribution >= 4 is 27.7 Å². The lowest BCUT2D eigenvalue weighted by atomic mass is 10.0. The third-order valence-corrected chi connectivity index (χ3v) is 7.90. The van der Waals surface area contributed by atoms with Crippen LogP contribution in [0.5, 0.6) is 5.75 Å². The second-order valence-corrected chi connectivity index (χ2v) is 10.2. The first-order chi connectivity index (χ1) is 14.8. The number of hydrogen-bond acceptors (Lipinski definition) is 5. The highest BCUT2D eigenvalue weighted by Gasteiger charge is 2.26. The Hall–Kier alpha value is -2.03. The molecule has 1 saturated heterocycles. The maximum absolute atomic E-state index is 13.2. The first-order valence-corrected chi connectivity index (χ1v) is 13.2. The second kappa shape index (κ2) is 10.1. The van der Waals surface area contributed by atoms with E-state index in [1.807, 2.05) is 38.3 Å². The maximum Gasteiger partial charge on any atom is 0.255 e. The number of methoxy groups -OCH3 is 1. The van der Waals surface area contributed by atoms with Crippen LogP contribution in [0.1, 0.15) is 53.7 Å². The summed E-state index contributed by atoms with van der Waals surface area (Å²) in [6.45, 7) is 5.31. The number of nitrogens with zero attached hydrogens (tertiary/aromatic N) is 1. The Morgan fingerprint density at radius 2 is 1.90 bits per heavy atom. The summed E-state index contributed by atoms with van der Waals surface area (Å²) < 4.78 is 34.5. The van der Waals surface area contributed by atoms with Gasteiger partial charge in [-0.1, -0.05) is 19.1 Å².